The first-order valence-corrected chi connectivity index (χ1v) is 11.0. The Morgan fingerprint density at radius 3 is 2.94 bits per heavy atom. The van der Waals surface area contributed by atoms with Crippen molar-refractivity contribution in [2.24, 2.45) is 0 Å². The van der Waals surface area contributed by atoms with Crippen LogP contribution in [0.25, 0.3) is 0 Å². The van der Waals surface area contributed by atoms with Gasteiger partial charge in [0.1, 0.15) is 17.0 Å². The lowest BCUT2D eigenvalue weighted by Crippen LogP contribution is -2.47. The minimum absolute atomic E-state index is 0.224. The van der Waals surface area contributed by atoms with Crippen LogP contribution in [-0.4, -0.2) is 39.7 Å². The summed E-state index contributed by atoms with van der Waals surface area (Å²) in [5.41, 5.74) is 2.15. The molecule has 2 aliphatic rings. The Bertz CT molecular complexity index is 1090. The van der Waals surface area contributed by atoms with Crippen molar-refractivity contribution in [3.63, 3.8) is 0 Å². The van der Waals surface area contributed by atoms with Crippen LogP contribution in [-0.2, 0) is 22.7 Å². The SMILES string of the molecule is Cc1ccc(NC(=O)NCc2scc3c2CN([C@H]2CCCC(=O)NC2=O)C3=O)nc1Cl. The second-order valence-electron chi connectivity index (χ2n) is 7.42. The topological polar surface area (TPSA) is 120 Å². The number of carbonyl (C=O) groups excluding carboxylic acids is 4. The second-order valence-corrected chi connectivity index (χ2v) is 8.74. The van der Waals surface area contributed by atoms with Crippen molar-refractivity contribution in [3.8, 4) is 0 Å². The van der Waals surface area contributed by atoms with E-state index in [-0.39, 0.29) is 31.3 Å². The lowest BCUT2D eigenvalue weighted by Gasteiger charge is -2.25. The molecule has 0 spiro atoms. The largest absolute Gasteiger partial charge is 0.333 e. The third kappa shape index (κ3) is 4.40. The summed E-state index contributed by atoms with van der Waals surface area (Å²) in [5.74, 6) is -0.642. The maximum atomic E-state index is 12.8. The van der Waals surface area contributed by atoms with Crippen molar-refractivity contribution in [1.82, 2.24) is 20.5 Å². The van der Waals surface area contributed by atoms with Crippen LogP contribution in [0.4, 0.5) is 10.6 Å². The molecule has 31 heavy (non-hydrogen) atoms. The summed E-state index contributed by atoms with van der Waals surface area (Å²) in [6.07, 6.45) is 1.26. The number of urea groups is 1. The van der Waals surface area contributed by atoms with E-state index in [2.05, 4.69) is 20.9 Å². The van der Waals surface area contributed by atoms with Gasteiger partial charge in [0.15, 0.2) is 0 Å². The molecule has 0 aliphatic carbocycles. The van der Waals surface area contributed by atoms with Gasteiger partial charge < -0.3 is 10.2 Å². The quantitative estimate of drug-likeness (QED) is 0.477. The van der Waals surface area contributed by atoms with Crippen molar-refractivity contribution in [1.29, 1.82) is 0 Å². The predicted molar refractivity (Wildman–Crippen MR) is 115 cm³/mol. The monoisotopic (exact) mass is 461 g/mol. The standard InChI is InChI=1S/C20H20ClN5O4S/c1-10-5-6-15(23-17(10)21)24-20(30)22-7-14-11-8-26(19(29)12(11)9-31-14)13-3-2-4-16(27)25-18(13)28/h5-6,9,13H,2-4,7-8H2,1H3,(H,25,27,28)(H2,22,23,24,30)/t13-/m0/s1. The Labute approximate surface area is 187 Å². The summed E-state index contributed by atoms with van der Waals surface area (Å²) < 4.78 is 0. The summed E-state index contributed by atoms with van der Waals surface area (Å²) >= 11 is 7.36. The van der Waals surface area contributed by atoms with Gasteiger partial charge in [0.25, 0.3) is 5.91 Å². The van der Waals surface area contributed by atoms with Crippen molar-refractivity contribution in [3.05, 3.63) is 44.2 Å². The molecule has 1 atom stereocenters. The van der Waals surface area contributed by atoms with Gasteiger partial charge in [-0.2, -0.15) is 0 Å². The van der Waals surface area contributed by atoms with Crippen molar-refractivity contribution >= 4 is 52.5 Å². The van der Waals surface area contributed by atoms with Gasteiger partial charge in [-0.05, 0) is 37.0 Å². The number of carbonyl (C=O) groups is 4. The smallest absolute Gasteiger partial charge is 0.320 e. The van der Waals surface area contributed by atoms with Crippen LogP contribution in [0.1, 0.15) is 45.6 Å². The van der Waals surface area contributed by atoms with Crippen LogP contribution < -0.4 is 16.0 Å². The number of nitrogens with zero attached hydrogens (tertiary/aromatic N) is 2. The molecule has 11 heteroatoms. The summed E-state index contributed by atoms with van der Waals surface area (Å²) in [5, 5.41) is 9.78. The fourth-order valence-electron chi connectivity index (χ4n) is 3.63. The number of thiophene rings is 1. The first kappa shape index (κ1) is 21.3. The minimum atomic E-state index is -0.669. The molecule has 0 aromatic carbocycles. The third-order valence-electron chi connectivity index (χ3n) is 5.31. The molecule has 162 valence electrons. The number of rotatable bonds is 4. The molecule has 2 aliphatic heterocycles. The van der Waals surface area contributed by atoms with E-state index in [4.69, 9.17) is 11.6 Å². The zero-order valence-corrected chi connectivity index (χ0v) is 18.2. The predicted octanol–water partition coefficient (Wildman–Crippen LogP) is 2.58. The first-order valence-electron chi connectivity index (χ1n) is 9.75. The van der Waals surface area contributed by atoms with Gasteiger partial charge in [0.05, 0.1) is 12.1 Å². The molecule has 0 unspecified atom stereocenters. The molecule has 4 heterocycles. The fourth-order valence-corrected chi connectivity index (χ4v) is 4.76. The van der Waals surface area contributed by atoms with Crippen LogP contribution in [0.2, 0.25) is 5.15 Å². The molecule has 2 aromatic rings. The zero-order valence-electron chi connectivity index (χ0n) is 16.7. The van der Waals surface area contributed by atoms with Crippen LogP contribution in [0.15, 0.2) is 17.5 Å². The third-order valence-corrected chi connectivity index (χ3v) is 6.72. The molecule has 3 N–H and O–H groups in total. The Kier molecular flexibility index (Phi) is 5.92. The lowest BCUT2D eigenvalue weighted by molar-refractivity contribution is -0.132. The highest BCUT2D eigenvalue weighted by atomic mass is 35.5. The average Bonchev–Trinajstić information content (AvgIpc) is 3.21. The number of pyridine rings is 1. The number of imide groups is 1. The summed E-state index contributed by atoms with van der Waals surface area (Å²) in [6.45, 7) is 2.32. The van der Waals surface area contributed by atoms with Gasteiger partial charge in [0.2, 0.25) is 11.8 Å². The number of amides is 5. The number of hydrogen-bond acceptors (Lipinski definition) is 6. The van der Waals surface area contributed by atoms with Crippen molar-refractivity contribution in [2.45, 2.75) is 45.3 Å². The van der Waals surface area contributed by atoms with E-state index < -0.39 is 18.0 Å². The fraction of sp³-hybridized carbons (Fsp3) is 0.350. The highest BCUT2D eigenvalue weighted by molar-refractivity contribution is 7.10. The van der Waals surface area contributed by atoms with E-state index in [1.165, 1.54) is 16.2 Å². The highest BCUT2D eigenvalue weighted by Crippen LogP contribution is 2.33. The summed E-state index contributed by atoms with van der Waals surface area (Å²) in [6, 6.07) is 2.30. The molecule has 0 bridgehead atoms. The Morgan fingerprint density at radius 1 is 1.35 bits per heavy atom. The first-order chi connectivity index (χ1) is 14.8. The second kappa shape index (κ2) is 8.64. The van der Waals surface area contributed by atoms with E-state index in [9.17, 15) is 19.2 Å². The van der Waals surface area contributed by atoms with E-state index in [1.54, 1.807) is 17.5 Å². The molecule has 0 radical (unpaired) electrons. The number of hydrogen-bond donors (Lipinski definition) is 3. The van der Waals surface area contributed by atoms with Crippen LogP contribution >= 0.6 is 22.9 Å². The number of halogens is 1. The van der Waals surface area contributed by atoms with Gasteiger partial charge in [-0.1, -0.05) is 17.7 Å². The molecule has 9 nitrogen and oxygen atoms in total. The molecule has 0 saturated carbocycles. The minimum Gasteiger partial charge on any atom is -0.333 e. The van der Waals surface area contributed by atoms with Gasteiger partial charge in [-0.15, -0.1) is 11.3 Å². The molecule has 5 amide bonds. The lowest BCUT2D eigenvalue weighted by atomic mass is 10.1. The summed E-state index contributed by atoms with van der Waals surface area (Å²) in [7, 11) is 0. The molecule has 1 fully saturated rings. The van der Waals surface area contributed by atoms with Gasteiger partial charge in [-0.3, -0.25) is 25.0 Å². The highest BCUT2D eigenvalue weighted by Gasteiger charge is 2.39. The Morgan fingerprint density at radius 2 is 2.16 bits per heavy atom. The van der Waals surface area contributed by atoms with E-state index >= 15 is 0 Å². The average molecular weight is 462 g/mol. The maximum absolute atomic E-state index is 12.8. The van der Waals surface area contributed by atoms with Gasteiger partial charge >= 0.3 is 6.03 Å². The van der Waals surface area contributed by atoms with E-state index in [0.717, 1.165) is 16.0 Å². The Balaban J connectivity index is 1.40. The van der Waals surface area contributed by atoms with Crippen molar-refractivity contribution in [2.75, 3.05) is 5.32 Å². The van der Waals surface area contributed by atoms with Crippen LogP contribution in [0.3, 0.4) is 0 Å². The Hall–Kier alpha value is -2.98. The normalized spacial score (nSPS) is 18.5. The number of anilines is 1. The molecule has 2 aromatic heterocycles. The number of nitrogens with one attached hydrogen (secondary N) is 3. The molecule has 4 rings (SSSR count). The molecular formula is C20H20ClN5O4S. The molecule has 1 saturated heterocycles. The van der Waals surface area contributed by atoms with Gasteiger partial charge in [-0.25, -0.2) is 9.78 Å². The van der Waals surface area contributed by atoms with Crippen LogP contribution in [0.5, 0.6) is 0 Å². The number of aryl methyl sites for hydroxylation is 1. The number of aromatic nitrogens is 1. The van der Waals surface area contributed by atoms with E-state index in [1.807, 2.05) is 6.92 Å². The summed E-state index contributed by atoms with van der Waals surface area (Å²) in [4.78, 5) is 55.4. The molecular weight excluding hydrogens is 442 g/mol. The maximum Gasteiger partial charge on any atom is 0.320 e. The van der Waals surface area contributed by atoms with Crippen molar-refractivity contribution < 1.29 is 19.2 Å². The zero-order chi connectivity index (χ0) is 22.1. The van der Waals surface area contributed by atoms with Crippen LogP contribution in [0, 0.1) is 6.92 Å². The van der Waals surface area contributed by atoms with E-state index in [0.29, 0.717) is 29.4 Å². The van der Waals surface area contributed by atoms with Gasteiger partial charge in [0, 0.05) is 23.2 Å². The number of fused-ring (bicyclic) bond motifs is 1.